The Labute approximate surface area is 604 Å². The van der Waals surface area contributed by atoms with Gasteiger partial charge < -0.3 is 56.8 Å². The van der Waals surface area contributed by atoms with Crippen LogP contribution in [0.2, 0.25) is 0 Å². The highest BCUT2D eigenvalue weighted by molar-refractivity contribution is 5.68. The molecule has 0 heterocycles. The first-order valence-electron chi connectivity index (χ1n) is 36.2. The topological polar surface area (TPSA) is 111 Å². The smallest absolute Gasteiger partial charge is 0.137 e. The van der Waals surface area contributed by atoms with Gasteiger partial charge in [0.2, 0.25) is 0 Å². The lowest BCUT2D eigenvalue weighted by Crippen LogP contribution is -2.36. The molecule has 0 bridgehead atoms. The highest BCUT2D eigenvalue weighted by Gasteiger charge is 2.35. The van der Waals surface area contributed by atoms with E-state index in [0.29, 0.717) is 50.8 Å². The van der Waals surface area contributed by atoms with E-state index in [4.69, 9.17) is 56.8 Å². The Hall–Kier alpha value is -6.90. The van der Waals surface area contributed by atoms with E-state index in [9.17, 15) is 0 Å². The van der Waals surface area contributed by atoms with Crippen molar-refractivity contribution in [3.63, 3.8) is 0 Å². The fourth-order valence-corrected chi connectivity index (χ4v) is 12.2. The summed E-state index contributed by atoms with van der Waals surface area (Å²) in [6.45, 7) is 45.1. The third-order valence-corrected chi connectivity index (χ3v) is 19.0. The van der Waals surface area contributed by atoms with Crippen LogP contribution in [0.1, 0.15) is 259 Å². The maximum absolute atomic E-state index is 6.50. The Kier molecular flexibility index (Phi) is 33.6. The number of methoxy groups -OCH3 is 6. The minimum Gasteiger partial charge on any atom is -0.490 e. The molecule has 0 saturated heterocycles. The van der Waals surface area contributed by atoms with Gasteiger partial charge in [-0.05, 0) is 204 Å². The second kappa shape index (κ2) is 40.1. The van der Waals surface area contributed by atoms with Crippen molar-refractivity contribution in [2.24, 2.45) is 10.8 Å². The van der Waals surface area contributed by atoms with Crippen LogP contribution in [-0.2, 0) is 28.4 Å². The van der Waals surface area contributed by atoms with E-state index in [-0.39, 0.29) is 47.5 Å². The van der Waals surface area contributed by atoms with Gasteiger partial charge in [0.05, 0.1) is 36.6 Å². The minimum atomic E-state index is -0.510. The summed E-state index contributed by atoms with van der Waals surface area (Å²) in [7, 11) is 10.4. The summed E-state index contributed by atoms with van der Waals surface area (Å²) in [6.07, 6.45) is 2.70. The molecule has 7 aromatic carbocycles. The normalized spacial score (nSPS) is 14.5. The van der Waals surface area contributed by atoms with Gasteiger partial charge >= 0.3 is 0 Å². The second-order valence-electron chi connectivity index (χ2n) is 29.5. The molecule has 9 unspecified atom stereocenters. The molecule has 550 valence electrons. The summed E-state index contributed by atoms with van der Waals surface area (Å²) in [5, 5.41) is 0. The molecule has 0 aliphatic carbocycles. The van der Waals surface area contributed by atoms with Gasteiger partial charge in [0.15, 0.2) is 0 Å². The zero-order chi connectivity index (χ0) is 74.1. The molecule has 12 nitrogen and oxygen atoms in total. The first kappa shape index (κ1) is 83.8. The molecule has 0 amide bonds. The largest absolute Gasteiger partial charge is 0.490 e. The van der Waals surface area contributed by atoms with Gasteiger partial charge in [-0.25, -0.2) is 0 Å². The summed E-state index contributed by atoms with van der Waals surface area (Å²) in [6, 6.07) is 48.4. The quantitative estimate of drug-likeness (QED) is 0.0358. The molecule has 0 fully saturated rings. The summed E-state index contributed by atoms with van der Waals surface area (Å²) >= 11 is 0. The van der Waals surface area contributed by atoms with Crippen molar-refractivity contribution in [1.29, 1.82) is 0 Å². The zero-order valence-electron chi connectivity index (χ0n) is 66.0. The Morgan fingerprint density at radius 3 is 0.940 bits per heavy atom. The van der Waals surface area contributed by atoms with E-state index in [2.05, 4.69) is 182 Å². The molecule has 100 heavy (non-hydrogen) atoms. The maximum atomic E-state index is 6.50. The van der Waals surface area contributed by atoms with Crippen molar-refractivity contribution in [3.05, 3.63) is 201 Å². The molecule has 0 aliphatic heterocycles. The molecule has 9 atom stereocenters. The molecular formula is C88H126O12. The maximum Gasteiger partial charge on any atom is 0.137 e. The van der Waals surface area contributed by atoms with Gasteiger partial charge in [0.25, 0.3) is 0 Å². The molecule has 0 N–H and O–H groups in total. The summed E-state index contributed by atoms with van der Waals surface area (Å²) < 4.78 is 72.1. The average molecular weight is 1380 g/mol. The highest BCUT2D eigenvalue weighted by atomic mass is 16.6. The molecule has 0 aliphatic rings. The lowest BCUT2D eigenvalue weighted by molar-refractivity contribution is 0.00570. The first-order chi connectivity index (χ1) is 47.4. The number of ether oxygens (including phenoxy) is 12. The van der Waals surface area contributed by atoms with E-state index in [0.717, 1.165) is 109 Å². The van der Waals surface area contributed by atoms with E-state index in [1.54, 1.807) is 42.7 Å². The van der Waals surface area contributed by atoms with Gasteiger partial charge in [0.1, 0.15) is 73.1 Å². The Bertz CT molecular complexity index is 3390. The van der Waals surface area contributed by atoms with Gasteiger partial charge in [-0.1, -0.05) is 161 Å². The van der Waals surface area contributed by atoms with E-state index in [1.807, 2.05) is 96.1 Å². The minimum absolute atomic E-state index is 0.0881. The average Bonchev–Trinajstić information content (AvgIpc) is 0.793. The molecule has 7 aromatic rings. The summed E-state index contributed by atoms with van der Waals surface area (Å²) in [5.41, 5.74) is 14.0. The van der Waals surface area contributed by atoms with Crippen LogP contribution in [0.25, 0.3) is 11.1 Å². The molecule has 0 spiro atoms. The van der Waals surface area contributed by atoms with E-state index in [1.165, 1.54) is 16.7 Å². The van der Waals surface area contributed by atoms with Crippen LogP contribution in [-0.4, -0.2) is 81.3 Å². The molecule has 7 rings (SSSR count). The second-order valence-corrected chi connectivity index (χ2v) is 29.5. The van der Waals surface area contributed by atoms with Crippen LogP contribution in [0.5, 0.6) is 34.5 Å². The van der Waals surface area contributed by atoms with E-state index >= 15 is 0 Å². The monoisotopic (exact) mass is 1370 g/mol. The van der Waals surface area contributed by atoms with Crippen molar-refractivity contribution >= 4 is 0 Å². The first-order valence-corrected chi connectivity index (χ1v) is 36.2. The fourth-order valence-electron chi connectivity index (χ4n) is 12.2. The van der Waals surface area contributed by atoms with Crippen LogP contribution in [0.4, 0.5) is 0 Å². The van der Waals surface area contributed by atoms with Crippen molar-refractivity contribution in [2.75, 3.05) is 75.7 Å². The Morgan fingerprint density at radius 1 is 0.320 bits per heavy atom. The number of benzene rings is 7. The van der Waals surface area contributed by atoms with Gasteiger partial charge in [-0.2, -0.15) is 0 Å². The Balaban J connectivity index is 0.000000271. The lowest BCUT2D eigenvalue weighted by Gasteiger charge is -2.35. The van der Waals surface area contributed by atoms with Crippen LogP contribution < -0.4 is 28.4 Å². The SMILES string of the molecule is CCC(C)c1ccc(OC(C)(C)COc2c(C(C)OC)cc(C)cc2C(C)OC)cc1.CCC(C)c1ccc(OCCOc2c(C(C)OC)cc(-c3ccccc3)cc2C(C)OC)cc1.CCC(C)c1ccc(OCCOc2c(C(OC)C(C)(C)C)cc(C)cc2C(OC)C(C)(C)C)cc1. The van der Waals surface area contributed by atoms with Crippen molar-refractivity contribution in [1.82, 2.24) is 0 Å². The van der Waals surface area contributed by atoms with Crippen LogP contribution in [0.3, 0.4) is 0 Å². The van der Waals surface area contributed by atoms with Crippen molar-refractivity contribution in [3.8, 4) is 45.6 Å². The van der Waals surface area contributed by atoms with Crippen LogP contribution in [0, 0.1) is 24.7 Å². The van der Waals surface area contributed by atoms with Crippen molar-refractivity contribution < 1.29 is 56.8 Å². The summed E-state index contributed by atoms with van der Waals surface area (Å²) in [4.78, 5) is 0. The fraction of sp³-hybridized carbons (Fsp3) is 0.523. The molecular weight excluding hydrogens is 1250 g/mol. The zero-order valence-corrected chi connectivity index (χ0v) is 66.0. The standard InChI is InChI=1S/C31H48O4.C30H38O4.C27H40O4/c1-12-22(3)23-13-15-24(16-14-23)34-17-18-35-27-25(28(32-10)30(4,5)6)19-21(2)20-26(27)29(33-11)31(7,8)9;1-7-21(2)24-13-15-27(16-14-24)33-17-18-34-30-28(22(3)31-5)19-26(20-29(30)23(4)32-6)25-11-9-8-10-12-25;1-10-19(3)22-11-13-23(14-12-22)31-27(6,7)17-30-26-24(20(4)28-8)15-18(2)16-25(26)21(5)29-9/h13-16,19-20,22,28-29H,12,17-18H2,1-11H3;8-16,19-23H,7,17-18H2,1-6H3;11-16,19-21H,10,17H2,1-9H3. The van der Waals surface area contributed by atoms with Gasteiger partial charge in [-0.15, -0.1) is 0 Å². The lowest BCUT2D eigenvalue weighted by atomic mass is 9.79. The predicted octanol–water partition coefficient (Wildman–Crippen LogP) is 23.3. The predicted molar refractivity (Wildman–Crippen MR) is 412 cm³/mol. The molecule has 12 heteroatoms. The molecule has 0 saturated carbocycles. The van der Waals surface area contributed by atoms with Crippen LogP contribution >= 0.6 is 0 Å². The Morgan fingerprint density at radius 2 is 0.620 bits per heavy atom. The third kappa shape index (κ3) is 24.4. The summed E-state index contributed by atoms with van der Waals surface area (Å²) in [5.74, 6) is 6.68. The molecule has 0 aromatic heterocycles. The van der Waals surface area contributed by atoms with Gasteiger partial charge in [-0.3, -0.25) is 0 Å². The van der Waals surface area contributed by atoms with Gasteiger partial charge in [0, 0.05) is 76.0 Å². The van der Waals surface area contributed by atoms with Crippen LogP contribution in [0.15, 0.2) is 140 Å². The number of hydrogen-bond acceptors (Lipinski definition) is 12. The number of rotatable bonds is 34. The molecule has 0 radical (unpaired) electrons. The third-order valence-electron chi connectivity index (χ3n) is 19.0. The van der Waals surface area contributed by atoms with Crippen molar-refractivity contribution in [2.45, 2.75) is 218 Å². The number of hydrogen-bond donors (Lipinski definition) is 0. The highest BCUT2D eigenvalue weighted by Crippen LogP contribution is 2.48. The number of aryl methyl sites for hydroxylation is 2. The van der Waals surface area contributed by atoms with E-state index < -0.39 is 5.60 Å².